The van der Waals surface area contributed by atoms with Gasteiger partial charge in [-0.25, -0.2) is 9.97 Å². The summed E-state index contributed by atoms with van der Waals surface area (Å²) in [5, 5.41) is 11.8. The van der Waals surface area contributed by atoms with E-state index >= 15 is 0 Å². The van der Waals surface area contributed by atoms with Gasteiger partial charge in [-0.3, -0.25) is 4.98 Å². The van der Waals surface area contributed by atoms with Crippen LogP contribution in [0.25, 0.3) is 0 Å². The molecule has 5 nitrogen and oxygen atoms in total. The quantitative estimate of drug-likeness (QED) is 0.270. The molecule has 7 heteroatoms. The number of fused-ring (bicyclic) bond motifs is 1. The minimum Gasteiger partial charge on any atom is -0.410 e. The zero-order valence-electron chi connectivity index (χ0n) is 24.4. The number of halogens is 1. The number of nitrogens with zero attached hydrogens (tertiary/aromatic N) is 3. The molecule has 0 saturated carbocycles. The molecule has 0 aromatic carbocycles. The molecule has 200 valence electrons. The topological polar surface area (TPSA) is 68.1 Å². The summed E-state index contributed by atoms with van der Waals surface area (Å²) in [5.74, 6) is 0.943. The highest BCUT2D eigenvalue weighted by molar-refractivity contribution is 14.1. The summed E-state index contributed by atoms with van der Waals surface area (Å²) in [7, 11) is -2.03. The fraction of sp³-hybridized carbons (Fsp3) is 0.690. The van der Waals surface area contributed by atoms with E-state index in [0.717, 1.165) is 39.2 Å². The van der Waals surface area contributed by atoms with Crippen LogP contribution in [0.2, 0.25) is 18.1 Å². The Labute approximate surface area is 233 Å². The second kappa shape index (κ2) is 10.0. The smallest absolute Gasteiger partial charge is 0.192 e. The van der Waals surface area contributed by atoms with Crippen molar-refractivity contribution in [2.45, 2.75) is 124 Å². The molecule has 0 amide bonds. The van der Waals surface area contributed by atoms with E-state index in [9.17, 15) is 5.11 Å². The molecule has 1 aliphatic rings. The van der Waals surface area contributed by atoms with E-state index in [-0.39, 0.29) is 27.9 Å². The molecule has 0 spiro atoms. The second-order valence-electron chi connectivity index (χ2n) is 14.1. The number of hydrogen-bond donors (Lipinski definition) is 1. The van der Waals surface area contributed by atoms with Crippen LogP contribution >= 0.6 is 22.6 Å². The van der Waals surface area contributed by atoms with Crippen LogP contribution < -0.4 is 0 Å². The zero-order chi connectivity index (χ0) is 27.4. The van der Waals surface area contributed by atoms with Crippen molar-refractivity contribution < 1.29 is 9.53 Å². The number of aliphatic hydroxyl groups excluding tert-OH is 1. The van der Waals surface area contributed by atoms with Crippen molar-refractivity contribution in [3.8, 4) is 0 Å². The normalized spacial score (nSPS) is 19.4. The van der Waals surface area contributed by atoms with Crippen LogP contribution in [0.1, 0.15) is 128 Å². The van der Waals surface area contributed by atoms with Crippen LogP contribution in [0.15, 0.2) is 12.4 Å². The summed E-state index contributed by atoms with van der Waals surface area (Å²) in [4.78, 5) is 14.4. The number of rotatable bonds is 5. The summed E-state index contributed by atoms with van der Waals surface area (Å²) in [6.07, 6.45) is 4.52. The van der Waals surface area contributed by atoms with Crippen molar-refractivity contribution in [3.63, 3.8) is 0 Å². The molecule has 2 atom stereocenters. The first-order valence-corrected chi connectivity index (χ1v) is 17.1. The van der Waals surface area contributed by atoms with E-state index < -0.39 is 14.4 Å². The highest BCUT2D eigenvalue weighted by atomic mass is 127. The summed E-state index contributed by atoms with van der Waals surface area (Å²) in [6, 6.07) is 0. The first-order chi connectivity index (χ1) is 16.2. The predicted molar refractivity (Wildman–Crippen MR) is 159 cm³/mol. The molecular weight excluding hydrogens is 577 g/mol. The Morgan fingerprint density at radius 1 is 1.08 bits per heavy atom. The minimum absolute atomic E-state index is 0.0317. The molecule has 0 saturated heterocycles. The van der Waals surface area contributed by atoms with Gasteiger partial charge < -0.3 is 9.53 Å². The summed E-state index contributed by atoms with van der Waals surface area (Å²) in [5.41, 5.74) is 4.78. The highest BCUT2D eigenvalue weighted by Gasteiger charge is 2.44. The first-order valence-electron chi connectivity index (χ1n) is 13.2. The summed E-state index contributed by atoms with van der Waals surface area (Å²) >= 11 is 2.44. The van der Waals surface area contributed by atoms with Crippen LogP contribution in [0.4, 0.5) is 0 Å². The van der Waals surface area contributed by atoms with Crippen molar-refractivity contribution in [2.24, 2.45) is 5.41 Å². The lowest BCUT2D eigenvalue weighted by molar-refractivity contribution is 0.104. The van der Waals surface area contributed by atoms with E-state index in [4.69, 9.17) is 9.41 Å². The van der Waals surface area contributed by atoms with Crippen molar-refractivity contribution in [1.82, 2.24) is 15.0 Å². The maximum Gasteiger partial charge on any atom is 0.192 e. The molecular formula is C29H46IN3O2Si. The Bertz CT molecular complexity index is 1100. The van der Waals surface area contributed by atoms with Gasteiger partial charge in [0.25, 0.3) is 0 Å². The molecule has 0 aliphatic heterocycles. The van der Waals surface area contributed by atoms with Crippen LogP contribution in [0, 0.1) is 8.99 Å². The summed E-state index contributed by atoms with van der Waals surface area (Å²) in [6.45, 7) is 26.7. The third-order valence-electron chi connectivity index (χ3n) is 7.74. The second-order valence-corrected chi connectivity index (χ2v) is 20.0. The average Bonchev–Trinajstić information content (AvgIpc) is 2.70. The van der Waals surface area contributed by atoms with Gasteiger partial charge in [0.1, 0.15) is 11.9 Å². The lowest BCUT2D eigenvalue weighted by atomic mass is 9.74. The van der Waals surface area contributed by atoms with Gasteiger partial charge in [0, 0.05) is 43.8 Å². The largest absolute Gasteiger partial charge is 0.410 e. The minimum atomic E-state index is -2.03. The maximum absolute atomic E-state index is 11.7. The number of aliphatic hydroxyl groups is 1. The third-order valence-corrected chi connectivity index (χ3v) is 13.4. The third kappa shape index (κ3) is 6.05. The van der Waals surface area contributed by atoms with Crippen molar-refractivity contribution in [2.75, 3.05) is 0 Å². The van der Waals surface area contributed by atoms with E-state index in [2.05, 4.69) is 115 Å². The van der Waals surface area contributed by atoms with Gasteiger partial charge in [-0.1, -0.05) is 69.2 Å². The standard InChI is InChI=1S/C29H46IN3O2Si/c1-17(2)24-22(25(34)18-15-31-26(32-16-18)27(3,4)5)23(30)21-19(33-24)13-29(9,10)14-20(21)35-36(11,12)28(6,7)8/h15-17,20,25,34H,13-14H2,1-12H3/t20-,25?/m0/s1. The molecule has 1 aliphatic carbocycles. The van der Waals surface area contributed by atoms with Gasteiger partial charge in [0.05, 0.1) is 11.8 Å². The van der Waals surface area contributed by atoms with Crippen LogP contribution in [0.3, 0.4) is 0 Å². The molecule has 0 radical (unpaired) electrons. The van der Waals surface area contributed by atoms with Crippen molar-refractivity contribution >= 4 is 30.9 Å². The summed E-state index contributed by atoms with van der Waals surface area (Å²) < 4.78 is 8.14. The Kier molecular flexibility index (Phi) is 8.24. The Hall–Kier alpha value is -0.903. The Balaban J connectivity index is 2.18. The van der Waals surface area contributed by atoms with Crippen LogP contribution in [-0.4, -0.2) is 28.4 Å². The van der Waals surface area contributed by atoms with Gasteiger partial charge >= 0.3 is 0 Å². The lowest BCUT2D eigenvalue weighted by Crippen LogP contribution is -2.44. The molecule has 1 N–H and O–H groups in total. The molecule has 36 heavy (non-hydrogen) atoms. The Morgan fingerprint density at radius 2 is 1.64 bits per heavy atom. The van der Waals surface area contributed by atoms with E-state index in [1.54, 1.807) is 12.4 Å². The number of aromatic nitrogens is 3. The number of hydrogen-bond acceptors (Lipinski definition) is 5. The first kappa shape index (κ1) is 29.6. The van der Waals surface area contributed by atoms with E-state index in [1.807, 2.05) is 0 Å². The monoisotopic (exact) mass is 623 g/mol. The molecule has 0 fully saturated rings. The van der Waals surface area contributed by atoms with Crippen molar-refractivity contribution in [3.05, 3.63) is 49.9 Å². The fourth-order valence-corrected chi connectivity index (χ4v) is 7.10. The van der Waals surface area contributed by atoms with Gasteiger partial charge in [-0.05, 0) is 64.9 Å². The predicted octanol–water partition coefficient (Wildman–Crippen LogP) is 8.01. The highest BCUT2D eigenvalue weighted by Crippen LogP contribution is 2.50. The van der Waals surface area contributed by atoms with Crippen molar-refractivity contribution in [1.29, 1.82) is 0 Å². The number of pyridine rings is 1. The van der Waals surface area contributed by atoms with E-state index in [0.29, 0.717) is 5.56 Å². The Morgan fingerprint density at radius 3 is 2.11 bits per heavy atom. The lowest BCUT2D eigenvalue weighted by Gasteiger charge is -2.44. The SMILES string of the molecule is CC(C)c1nc2c(c(I)c1C(O)c1cnc(C(C)(C)C)nc1)[C@@H](O[Si](C)(C)C(C)(C)C)CC(C)(C)C2. The molecule has 1 unspecified atom stereocenters. The maximum atomic E-state index is 11.7. The van der Waals surface area contributed by atoms with Gasteiger partial charge in [0.15, 0.2) is 8.32 Å². The van der Waals surface area contributed by atoms with Gasteiger partial charge in [-0.15, -0.1) is 0 Å². The zero-order valence-corrected chi connectivity index (χ0v) is 27.5. The van der Waals surface area contributed by atoms with Gasteiger partial charge in [-0.2, -0.15) is 0 Å². The molecule has 2 aromatic heterocycles. The molecule has 3 rings (SSSR count). The van der Waals surface area contributed by atoms with E-state index in [1.165, 1.54) is 5.56 Å². The fourth-order valence-electron chi connectivity index (χ4n) is 4.61. The van der Waals surface area contributed by atoms with Crippen LogP contribution in [0.5, 0.6) is 0 Å². The molecule has 0 bridgehead atoms. The van der Waals surface area contributed by atoms with Gasteiger partial charge in [0.2, 0.25) is 0 Å². The average molecular weight is 624 g/mol. The molecule has 2 heterocycles. The molecule has 2 aromatic rings. The van der Waals surface area contributed by atoms with Crippen LogP contribution in [-0.2, 0) is 16.3 Å².